The van der Waals surface area contributed by atoms with Gasteiger partial charge in [-0.3, -0.25) is 9.59 Å². The number of nitrogens with one attached hydrogen (secondary N) is 1. The van der Waals surface area contributed by atoms with Crippen molar-refractivity contribution in [1.29, 1.82) is 0 Å². The van der Waals surface area contributed by atoms with E-state index in [4.69, 9.17) is 0 Å². The Morgan fingerprint density at radius 1 is 1.12 bits per heavy atom. The summed E-state index contributed by atoms with van der Waals surface area (Å²) in [4.78, 5) is 26.3. The Morgan fingerprint density at radius 2 is 1.77 bits per heavy atom. The second kappa shape index (κ2) is 7.22. The molecular weight excluding hydrogens is 372 g/mol. The van der Waals surface area contributed by atoms with Crippen molar-refractivity contribution in [3.05, 3.63) is 30.1 Å². The number of esters is 1. The van der Waals surface area contributed by atoms with Crippen LogP contribution in [0.3, 0.4) is 0 Å². The first kappa shape index (κ1) is 19.5. The number of alkyl halides is 6. The smallest absolute Gasteiger partial charge is 0.449 e. The second-order valence-corrected chi connectivity index (χ2v) is 5.06. The summed E-state index contributed by atoms with van der Waals surface area (Å²) in [5, 5.41) is 1.46. The van der Waals surface area contributed by atoms with Crippen molar-refractivity contribution in [3.8, 4) is 0 Å². The Kier molecular flexibility index (Phi) is 5.42. The minimum atomic E-state index is -4.84. The maximum Gasteiger partial charge on any atom is 0.449 e. The van der Waals surface area contributed by atoms with Crippen molar-refractivity contribution in [2.75, 3.05) is 13.2 Å². The lowest BCUT2D eigenvalue weighted by Gasteiger charge is -2.12. The van der Waals surface area contributed by atoms with Gasteiger partial charge >= 0.3 is 18.3 Å². The summed E-state index contributed by atoms with van der Waals surface area (Å²) in [6.07, 6.45) is -9.49. The molecule has 0 aliphatic heterocycles. The zero-order valence-corrected chi connectivity index (χ0v) is 12.8. The van der Waals surface area contributed by atoms with Gasteiger partial charge in [-0.05, 0) is 12.1 Å². The maximum atomic E-state index is 13.1. The maximum absolute atomic E-state index is 13.1. The molecule has 0 atom stereocenters. The van der Waals surface area contributed by atoms with E-state index in [1.807, 2.05) is 0 Å². The molecule has 2 aromatic rings. The summed E-state index contributed by atoms with van der Waals surface area (Å²) in [5.41, 5.74) is 0.00819. The summed E-state index contributed by atoms with van der Waals surface area (Å²) in [5.74, 6) is -3.81. The van der Waals surface area contributed by atoms with Crippen molar-refractivity contribution < 1.29 is 40.7 Å². The van der Waals surface area contributed by atoms with Gasteiger partial charge < -0.3 is 14.6 Å². The number of fused-ring (bicyclic) bond motifs is 1. The van der Waals surface area contributed by atoms with Gasteiger partial charge in [0.25, 0.3) is 5.91 Å². The number of nitrogens with zero attached hydrogens (tertiary/aromatic N) is 2. The molecule has 12 heteroatoms. The molecule has 0 saturated heterocycles. The van der Waals surface area contributed by atoms with Crippen LogP contribution in [-0.2, 0) is 27.0 Å². The third kappa shape index (κ3) is 5.10. The second-order valence-electron chi connectivity index (χ2n) is 5.06. The van der Waals surface area contributed by atoms with Gasteiger partial charge in [0, 0.05) is 0 Å². The molecule has 0 saturated carbocycles. The number of imidazole rings is 1. The molecule has 0 fully saturated rings. The van der Waals surface area contributed by atoms with Crippen LogP contribution in [0.25, 0.3) is 11.0 Å². The highest BCUT2D eigenvalue weighted by molar-refractivity contribution is 5.82. The summed E-state index contributed by atoms with van der Waals surface area (Å²) in [6.45, 7) is -3.58. The lowest BCUT2D eigenvalue weighted by molar-refractivity contribution is -0.154. The van der Waals surface area contributed by atoms with Gasteiger partial charge in [0.15, 0.2) is 6.61 Å². The van der Waals surface area contributed by atoms with E-state index >= 15 is 0 Å². The number of carbonyl (C=O) groups excluding carboxylic acids is 2. The molecule has 1 amide bonds. The highest BCUT2D eigenvalue weighted by Crippen LogP contribution is 2.31. The molecule has 142 valence electrons. The van der Waals surface area contributed by atoms with Crippen LogP contribution in [-0.4, -0.2) is 40.8 Å². The number of amides is 1. The highest BCUT2D eigenvalue weighted by atomic mass is 19.4. The van der Waals surface area contributed by atoms with Gasteiger partial charge in [-0.1, -0.05) is 12.1 Å². The number of para-hydroxylation sites is 2. The van der Waals surface area contributed by atoms with E-state index in [0.29, 0.717) is 4.57 Å². The number of hydrogen-bond acceptors (Lipinski definition) is 4. The molecule has 0 aliphatic rings. The van der Waals surface area contributed by atoms with Gasteiger partial charge in [-0.15, -0.1) is 0 Å². The van der Waals surface area contributed by atoms with Gasteiger partial charge in [0.2, 0.25) is 5.82 Å². The zero-order valence-electron chi connectivity index (χ0n) is 12.8. The molecule has 6 nitrogen and oxygen atoms in total. The minimum absolute atomic E-state index is 0.00412. The Labute approximate surface area is 141 Å². The Bertz CT molecular complexity index is 812. The van der Waals surface area contributed by atoms with Gasteiger partial charge in [-0.2, -0.15) is 26.3 Å². The molecule has 0 bridgehead atoms. The third-order valence-electron chi connectivity index (χ3n) is 3.05. The summed E-state index contributed by atoms with van der Waals surface area (Å²) in [7, 11) is 0. The average molecular weight is 383 g/mol. The molecule has 1 N–H and O–H groups in total. The fourth-order valence-electron chi connectivity index (χ4n) is 2.02. The minimum Gasteiger partial charge on any atom is -0.454 e. The predicted molar refractivity (Wildman–Crippen MR) is 74.8 cm³/mol. The third-order valence-corrected chi connectivity index (χ3v) is 3.05. The van der Waals surface area contributed by atoms with E-state index < -0.39 is 49.7 Å². The van der Waals surface area contributed by atoms with Crippen LogP contribution in [0, 0.1) is 0 Å². The van der Waals surface area contributed by atoms with E-state index in [0.717, 1.165) is 0 Å². The van der Waals surface area contributed by atoms with E-state index in [2.05, 4.69) is 9.72 Å². The first-order valence-corrected chi connectivity index (χ1v) is 6.99. The largest absolute Gasteiger partial charge is 0.454 e. The van der Waals surface area contributed by atoms with Crippen molar-refractivity contribution in [2.45, 2.75) is 18.9 Å². The highest BCUT2D eigenvalue weighted by Gasteiger charge is 2.38. The van der Waals surface area contributed by atoms with Gasteiger partial charge in [0.05, 0.1) is 11.0 Å². The standard InChI is InChI=1S/C14H11F6N3O3/c15-13(16,17)7-21-10(24)6-26-11(25)5-23-9-4-2-1-3-8(9)22-12(23)14(18,19)20/h1-4H,5-7H2,(H,21,24). The van der Waals surface area contributed by atoms with Crippen LogP contribution in [0.2, 0.25) is 0 Å². The van der Waals surface area contributed by atoms with Crippen molar-refractivity contribution in [1.82, 2.24) is 14.9 Å². The number of aromatic nitrogens is 2. The number of benzene rings is 1. The first-order chi connectivity index (χ1) is 12.0. The molecule has 26 heavy (non-hydrogen) atoms. The number of carbonyl (C=O) groups is 2. The molecule has 2 rings (SSSR count). The number of halogens is 6. The molecule has 0 aliphatic carbocycles. The van der Waals surface area contributed by atoms with Crippen LogP contribution in [0.15, 0.2) is 24.3 Å². The van der Waals surface area contributed by atoms with Crippen LogP contribution in [0.1, 0.15) is 5.82 Å². The summed E-state index contributed by atoms with van der Waals surface area (Å²) >= 11 is 0. The normalized spacial score (nSPS) is 12.2. The predicted octanol–water partition coefficient (Wildman–Crippen LogP) is 2.28. The van der Waals surface area contributed by atoms with Crippen LogP contribution in [0.4, 0.5) is 26.3 Å². The summed E-state index contributed by atoms with van der Waals surface area (Å²) in [6, 6.07) is 5.53. The quantitative estimate of drug-likeness (QED) is 0.635. The fraction of sp³-hybridized carbons (Fsp3) is 0.357. The molecule has 0 spiro atoms. The average Bonchev–Trinajstić information content (AvgIpc) is 2.89. The van der Waals surface area contributed by atoms with Crippen LogP contribution < -0.4 is 5.32 Å². The van der Waals surface area contributed by atoms with Crippen molar-refractivity contribution >= 4 is 22.9 Å². The topological polar surface area (TPSA) is 73.2 Å². The Hall–Kier alpha value is -2.79. The summed E-state index contributed by atoms with van der Waals surface area (Å²) < 4.78 is 80.0. The Balaban J connectivity index is 2.06. The number of ether oxygens (including phenoxy) is 1. The van der Waals surface area contributed by atoms with Crippen molar-refractivity contribution in [3.63, 3.8) is 0 Å². The lowest BCUT2D eigenvalue weighted by Crippen LogP contribution is -2.36. The van der Waals surface area contributed by atoms with Gasteiger partial charge in [-0.25, -0.2) is 4.98 Å². The molecule has 1 aromatic heterocycles. The SMILES string of the molecule is O=C(COC(=O)Cn1c(C(F)(F)F)nc2ccccc21)NCC(F)(F)F. The first-order valence-electron chi connectivity index (χ1n) is 6.99. The van der Waals surface area contributed by atoms with Crippen molar-refractivity contribution in [2.24, 2.45) is 0 Å². The molecular formula is C14H11F6N3O3. The monoisotopic (exact) mass is 383 g/mol. The van der Waals surface area contributed by atoms with Crippen LogP contribution >= 0.6 is 0 Å². The lowest BCUT2D eigenvalue weighted by atomic mass is 10.3. The molecule has 0 radical (unpaired) electrons. The fourth-order valence-corrected chi connectivity index (χ4v) is 2.02. The van der Waals surface area contributed by atoms with Gasteiger partial charge in [0.1, 0.15) is 13.1 Å². The number of hydrogen-bond donors (Lipinski definition) is 1. The molecule has 1 aromatic carbocycles. The van der Waals surface area contributed by atoms with Crippen LogP contribution in [0.5, 0.6) is 0 Å². The van der Waals surface area contributed by atoms with E-state index in [9.17, 15) is 35.9 Å². The molecule has 0 unspecified atom stereocenters. The van der Waals surface area contributed by atoms with E-state index in [-0.39, 0.29) is 11.0 Å². The number of rotatable bonds is 5. The zero-order chi connectivity index (χ0) is 19.5. The van der Waals surface area contributed by atoms with E-state index in [1.54, 1.807) is 0 Å². The van der Waals surface area contributed by atoms with E-state index in [1.165, 1.54) is 29.6 Å². The Morgan fingerprint density at radius 3 is 2.38 bits per heavy atom. The molecule has 1 heterocycles.